The molecular formula is C27H35N5O5. The third-order valence-electron chi connectivity index (χ3n) is 6.78. The summed E-state index contributed by atoms with van der Waals surface area (Å²) in [5.74, 6) is 0.192. The normalized spacial score (nSPS) is 18.7. The Labute approximate surface area is 217 Å². The lowest BCUT2D eigenvalue weighted by Crippen LogP contribution is -2.60. The predicted octanol–water partition coefficient (Wildman–Crippen LogP) is 1.18. The van der Waals surface area contributed by atoms with Crippen molar-refractivity contribution < 1.29 is 23.9 Å². The quantitative estimate of drug-likeness (QED) is 0.523. The number of nitrogens with one attached hydrogen (secondary N) is 2. The summed E-state index contributed by atoms with van der Waals surface area (Å²) in [5.41, 5.74) is 1.72. The zero-order valence-corrected chi connectivity index (χ0v) is 21.4. The summed E-state index contributed by atoms with van der Waals surface area (Å²) in [4.78, 5) is 44.9. The van der Waals surface area contributed by atoms with Crippen molar-refractivity contribution in [2.24, 2.45) is 0 Å². The van der Waals surface area contributed by atoms with E-state index in [1.54, 1.807) is 18.2 Å². The molecule has 0 spiro atoms. The van der Waals surface area contributed by atoms with Crippen LogP contribution >= 0.6 is 0 Å². The Morgan fingerprint density at radius 3 is 2.41 bits per heavy atom. The number of anilines is 1. The summed E-state index contributed by atoms with van der Waals surface area (Å²) in [6, 6.07) is 14.6. The number of nitrogens with zero attached hydrogens (tertiary/aromatic N) is 3. The fraction of sp³-hybridized carbons (Fsp3) is 0.444. The van der Waals surface area contributed by atoms with Crippen molar-refractivity contribution in [1.82, 2.24) is 20.0 Å². The van der Waals surface area contributed by atoms with E-state index in [9.17, 15) is 14.4 Å². The molecule has 198 valence electrons. The van der Waals surface area contributed by atoms with Crippen molar-refractivity contribution in [3.05, 3.63) is 54.1 Å². The van der Waals surface area contributed by atoms with Crippen LogP contribution in [0.1, 0.15) is 12.0 Å². The zero-order valence-electron chi connectivity index (χ0n) is 21.4. The van der Waals surface area contributed by atoms with E-state index >= 15 is 0 Å². The van der Waals surface area contributed by atoms with Gasteiger partial charge in [0.25, 0.3) is 0 Å². The van der Waals surface area contributed by atoms with Gasteiger partial charge < -0.3 is 25.0 Å². The molecule has 37 heavy (non-hydrogen) atoms. The first kappa shape index (κ1) is 26.4. The van der Waals surface area contributed by atoms with Gasteiger partial charge in [-0.3, -0.25) is 24.2 Å². The maximum atomic E-state index is 13.2. The minimum atomic E-state index is -0.864. The number of hydrogen-bond acceptors (Lipinski definition) is 7. The largest absolute Gasteiger partial charge is 0.497 e. The Kier molecular flexibility index (Phi) is 8.97. The average Bonchev–Trinajstić information content (AvgIpc) is 2.91. The van der Waals surface area contributed by atoms with Crippen molar-refractivity contribution >= 4 is 23.4 Å². The molecule has 1 atom stereocenters. The third kappa shape index (κ3) is 6.99. The van der Waals surface area contributed by atoms with Gasteiger partial charge in [-0.25, -0.2) is 0 Å². The SMILES string of the molecule is COc1ccc(OC)c(NC(=O)CC2C(=O)NCCN2C(=O)CN2CCN(Cc3ccccc3)CC2)c1. The Bertz CT molecular complexity index is 1090. The van der Waals surface area contributed by atoms with Crippen LogP contribution in [-0.2, 0) is 20.9 Å². The van der Waals surface area contributed by atoms with Crippen LogP contribution in [0.5, 0.6) is 11.5 Å². The van der Waals surface area contributed by atoms with Gasteiger partial charge in [0, 0.05) is 51.9 Å². The summed E-state index contributed by atoms with van der Waals surface area (Å²) >= 11 is 0. The van der Waals surface area contributed by atoms with Gasteiger partial charge in [-0.1, -0.05) is 30.3 Å². The Hall–Kier alpha value is -3.63. The van der Waals surface area contributed by atoms with Crippen molar-refractivity contribution in [1.29, 1.82) is 0 Å². The fourth-order valence-electron chi connectivity index (χ4n) is 4.73. The lowest BCUT2D eigenvalue weighted by molar-refractivity contribution is -0.145. The zero-order chi connectivity index (χ0) is 26.2. The Morgan fingerprint density at radius 2 is 1.70 bits per heavy atom. The van der Waals surface area contributed by atoms with Gasteiger partial charge in [0.2, 0.25) is 17.7 Å². The van der Waals surface area contributed by atoms with E-state index in [0.717, 1.165) is 32.7 Å². The third-order valence-corrected chi connectivity index (χ3v) is 6.78. The second-order valence-corrected chi connectivity index (χ2v) is 9.25. The highest BCUT2D eigenvalue weighted by molar-refractivity contribution is 5.98. The lowest BCUT2D eigenvalue weighted by Gasteiger charge is -2.38. The van der Waals surface area contributed by atoms with Crippen molar-refractivity contribution in [2.75, 3.05) is 65.3 Å². The highest BCUT2D eigenvalue weighted by atomic mass is 16.5. The first-order valence-corrected chi connectivity index (χ1v) is 12.5. The molecule has 0 aliphatic carbocycles. The molecule has 0 radical (unpaired) electrons. The molecule has 2 fully saturated rings. The highest BCUT2D eigenvalue weighted by Gasteiger charge is 2.35. The fourth-order valence-corrected chi connectivity index (χ4v) is 4.73. The van der Waals surface area contributed by atoms with Gasteiger partial charge in [-0.15, -0.1) is 0 Å². The number of carbonyl (C=O) groups is 3. The van der Waals surface area contributed by atoms with Crippen molar-refractivity contribution in [3.63, 3.8) is 0 Å². The molecule has 10 nitrogen and oxygen atoms in total. The van der Waals surface area contributed by atoms with Crippen LogP contribution in [0, 0.1) is 0 Å². The number of ether oxygens (including phenoxy) is 2. The molecule has 2 saturated heterocycles. The van der Waals surface area contributed by atoms with E-state index in [-0.39, 0.29) is 30.7 Å². The summed E-state index contributed by atoms with van der Waals surface area (Å²) in [7, 11) is 3.04. The average molecular weight is 510 g/mol. The molecule has 10 heteroatoms. The number of rotatable bonds is 9. The van der Waals surface area contributed by atoms with E-state index in [1.165, 1.54) is 24.7 Å². The van der Waals surface area contributed by atoms with E-state index < -0.39 is 6.04 Å². The van der Waals surface area contributed by atoms with Gasteiger partial charge in [0.05, 0.1) is 32.9 Å². The molecule has 0 saturated carbocycles. The molecule has 2 aliphatic rings. The van der Waals surface area contributed by atoms with Crippen LogP contribution in [-0.4, -0.2) is 98.5 Å². The molecular weight excluding hydrogens is 474 g/mol. The lowest BCUT2D eigenvalue weighted by atomic mass is 10.1. The van der Waals surface area contributed by atoms with Crippen LogP contribution in [0.15, 0.2) is 48.5 Å². The maximum Gasteiger partial charge on any atom is 0.243 e. The number of hydrogen-bond donors (Lipinski definition) is 2. The molecule has 3 amide bonds. The van der Waals surface area contributed by atoms with Crippen LogP contribution in [0.4, 0.5) is 5.69 Å². The standard InChI is InChI=1S/C27H35N5O5/c1-36-21-8-9-24(37-2)22(16-21)29-25(33)17-23-27(35)28-10-11-32(23)26(34)19-31-14-12-30(13-15-31)18-20-6-4-3-5-7-20/h3-9,16,23H,10-15,17-19H2,1-2H3,(H,28,35)(H,29,33). The number of amides is 3. The summed E-state index contributed by atoms with van der Waals surface area (Å²) < 4.78 is 10.5. The second-order valence-electron chi connectivity index (χ2n) is 9.25. The number of benzene rings is 2. The Morgan fingerprint density at radius 1 is 0.973 bits per heavy atom. The highest BCUT2D eigenvalue weighted by Crippen LogP contribution is 2.29. The minimum Gasteiger partial charge on any atom is -0.497 e. The predicted molar refractivity (Wildman–Crippen MR) is 139 cm³/mol. The van der Waals surface area contributed by atoms with Crippen LogP contribution in [0.3, 0.4) is 0 Å². The monoisotopic (exact) mass is 509 g/mol. The molecule has 2 aromatic carbocycles. The van der Waals surface area contributed by atoms with Gasteiger partial charge in [-0.2, -0.15) is 0 Å². The van der Waals surface area contributed by atoms with Crippen LogP contribution in [0.25, 0.3) is 0 Å². The first-order chi connectivity index (χ1) is 18.0. The first-order valence-electron chi connectivity index (χ1n) is 12.5. The van der Waals surface area contributed by atoms with E-state index in [2.05, 4.69) is 32.6 Å². The molecule has 1 unspecified atom stereocenters. The number of piperazine rings is 2. The van der Waals surface area contributed by atoms with Crippen LogP contribution < -0.4 is 20.1 Å². The van der Waals surface area contributed by atoms with Gasteiger partial charge >= 0.3 is 0 Å². The summed E-state index contributed by atoms with van der Waals surface area (Å²) in [5, 5.41) is 5.57. The van der Waals surface area contributed by atoms with E-state index in [0.29, 0.717) is 30.3 Å². The molecule has 4 rings (SSSR count). The van der Waals surface area contributed by atoms with E-state index in [4.69, 9.17) is 9.47 Å². The molecule has 2 heterocycles. The molecule has 2 aliphatic heterocycles. The summed E-state index contributed by atoms with van der Waals surface area (Å²) in [6.07, 6.45) is -0.150. The Balaban J connectivity index is 1.32. The molecule has 2 N–H and O–H groups in total. The van der Waals surface area contributed by atoms with Gasteiger partial charge in [-0.05, 0) is 17.7 Å². The van der Waals surface area contributed by atoms with Crippen molar-refractivity contribution in [3.8, 4) is 11.5 Å². The smallest absolute Gasteiger partial charge is 0.243 e. The van der Waals surface area contributed by atoms with Gasteiger partial charge in [0.1, 0.15) is 17.5 Å². The van der Waals surface area contributed by atoms with E-state index in [1.807, 2.05) is 18.2 Å². The van der Waals surface area contributed by atoms with Crippen molar-refractivity contribution in [2.45, 2.75) is 19.0 Å². The van der Waals surface area contributed by atoms with Gasteiger partial charge in [0.15, 0.2) is 0 Å². The summed E-state index contributed by atoms with van der Waals surface area (Å²) in [6.45, 7) is 5.17. The molecule has 0 bridgehead atoms. The second kappa shape index (κ2) is 12.6. The maximum absolute atomic E-state index is 13.2. The van der Waals surface area contributed by atoms with Crippen LogP contribution in [0.2, 0.25) is 0 Å². The minimum absolute atomic E-state index is 0.136. The molecule has 0 aromatic heterocycles. The molecule has 2 aromatic rings. The number of carbonyl (C=O) groups excluding carboxylic acids is 3. The topological polar surface area (TPSA) is 103 Å². The number of methoxy groups -OCH3 is 2.